The predicted octanol–water partition coefficient (Wildman–Crippen LogP) is -3.17. The van der Waals surface area contributed by atoms with Gasteiger partial charge in [0.25, 0.3) is 0 Å². The van der Waals surface area contributed by atoms with E-state index in [2.05, 4.69) is 52.8 Å². The van der Waals surface area contributed by atoms with Gasteiger partial charge in [0.1, 0.15) is 65.9 Å². The summed E-state index contributed by atoms with van der Waals surface area (Å²) in [5, 5.41) is 82.7. The van der Waals surface area contributed by atoms with E-state index in [1.165, 1.54) is 48.5 Å². The van der Waals surface area contributed by atoms with Crippen molar-refractivity contribution in [2.45, 2.75) is 186 Å². The topological polar surface area (TPSA) is 534 Å². The molecule has 0 fully saturated rings. The van der Waals surface area contributed by atoms with Gasteiger partial charge in [-0.1, -0.05) is 72.2 Å². The summed E-state index contributed by atoms with van der Waals surface area (Å²) in [4.78, 5) is 154. The van der Waals surface area contributed by atoms with Crippen molar-refractivity contribution in [2.24, 2.45) is 45.7 Å². The van der Waals surface area contributed by atoms with Gasteiger partial charge in [-0.2, -0.15) is 0 Å². The van der Waals surface area contributed by atoms with Crippen molar-refractivity contribution >= 4 is 71.1 Å². The molecule has 0 aliphatic rings. The molecule has 12 atom stereocenters. The fourth-order valence-electron chi connectivity index (χ4n) is 8.95. The molecular formula is C59H94N14O17. The number of amides is 9. The standard InChI is InChI=1S/C59H94N14O17/c1-8-32(6)46(61)55(86)72-47(31(4)5)56(87)67-39(13-11-25-64-59(62)63)49(80)69-42(27-34-14-18-36(76)19-15-34)53(84)68-41(26-30(2)3)52(83)66-40(22-23-45(78)79)51(82)73-48(33(7)75)57(88)71-44(29-74)54(85)65-38(12-9-10-24-60)50(81)70-43(58(89)90)28-35-16-20-37(77)21-17-35/h14-21,30-33,38-44,46-48,74-77H,8-13,22-29,60-61H2,1-7H3,(H,65,85)(H,66,83)(H,67,87)(H,68,84)(H,69,80)(H,70,81)(H,71,88)(H,72,86)(H,73,82)(H,78,79)(H,89,90)(H4,62,63,64)/t32-,33+,38-,39-,40-,41-,42-,43-,44-,46-,47-,48-/m0/s1. The molecule has 2 aromatic carbocycles. The lowest BCUT2D eigenvalue weighted by atomic mass is 9.97. The maximum atomic E-state index is 14.6. The number of carboxylic acid groups (broad SMARTS) is 2. The number of hydrogen-bond acceptors (Lipinski definition) is 18. The SMILES string of the molecule is CC[C@H](C)[C@H](N)C(=O)N[C@H](C(=O)N[C@@H](CCCN=C(N)N)C(=O)N[C@@H](Cc1ccc(O)cc1)C(=O)N[C@@H](CC(C)C)C(=O)N[C@@H](CCC(=O)O)C(=O)N[C@H](C(=O)N[C@@H](CO)C(=O)N[C@@H](CCCCN)C(=O)N[C@@H](Cc1ccc(O)cc1)C(=O)O)[C@@H](C)O)C(C)C. The number of aliphatic hydroxyl groups excluding tert-OH is 2. The third-order valence-electron chi connectivity index (χ3n) is 14.5. The maximum Gasteiger partial charge on any atom is 0.326 e. The number of hydrogen-bond donors (Lipinski definition) is 19. The second-order valence-electron chi connectivity index (χ2n) is 22.9. The smallest absolute Gasteiger partial charge is 0.326 e. The first-order chi connectivity index (χ1) is 42.3. The number of guanidine groups is 1. The van der Waals surface area contributed by atoms with Crippen molar-refractivity contribution in [1.82, 2.24) is 47.9 Å². The van der Waals surface area contributed by atoms with E-state index in [4.69, 9.17) is 22.9 Å². The first kappa shape index (κ1) is 77.4. The molecule has 0 unspecified atom stereocenters. The highest BCUT2D eigenvalue weighted by Gasteiger charge is 2.38. The Bertz CT molecular complexity index is 2730. The van der Waals surface area contributed by atoms with Crippen LogP contribution in [0.15, 0.2) is 53.5 Å². The zero-order chi connectivity index (χ0) is 67.9. The van der Waals surface area contributed by atoms with Crippen LogP contribution < -0.4 is 70.8 Å². The molecular weight excluding hydrogens is 1180 g/mol. The number of aromatic hydroxyl groups is 2. The number of rotatable bonds is 41. The highest BCUT2D eigenvalue weighted by atomic mass is 16.4. The predicted molar refractivity (Wildman–Crippen MR) is 329 cm³/mol. The summed E-state index contributed by atoms with van der Waals surface area (Å²) in [6, 6.07) is -4.04. The van der Waals surface area contributed by atoms with Gasteiger partial charge in [-0.15, -0.1) is 0 Å². The molecule has 90 heavy (non-hydrogen) atoms. The average molecular weight is 1270 g/mol. The van der Waals surface area contributed by atoms with Crippen LogP contribution in [0.3, 0.4) is 0 Å². The third kappa shape index (κ3) is 27.8. The van der Waals surface area contributed by atoms with Crippen molar-refractivity contribution in [2.75, 3.05) is 19.7 Å². The Morgan fingerprint density at radius 3 is 1.39 bits per heavy atom. The minimum atomic E-state index is -1.97. The summed E-state index contributed by atoms with van der Waals surface area (Å²) in [5.74, 6) is -13.3. The van der Waals surface area contributed by atoms with Gasteiger partial charge < -0.3 is 101 Å². The van der Waals surface area contributed by atoms with E-state index in [1.54, 1.807) is 34.6 Å². The number of nitrogens with one attached hydrogen (secondary N) is 9. The normalized spacial score (nSPS) is 15.2. The van der Waals surface area contributed by atoms with E-state index in [0.717, 1.165) is 6.92 Å². The third-order valence-corrected chi connectivity index (χ3v) is 14.5. The molecule has 0 bridgehead atoms. The van der Waals surface area contributed by atoms with Crippen LogP contribution in [0.2, 0.25) is 0 Å². The molecule has 502 valence electrons. The fourth-order valence-corrected chi connectivity index (χ4v) is 8.95. The minimum absolute atomic E-state index is 0.0204. The lowest BCUT2D eigenvalue weighted by molar-refractivity contribution is -0.142. The lowest BCUT2D eigenvalue weighted by Gasteiger charge is -2.29. The van der Waals surface area contributed by atoms with Crippen molar-refractivity contribution in [3.63, 3.8) is 0 Å². The number of carbonyl (C=O) groups excluding carboxylic acids is 9. The van der Waals surface area contributed by atoms with Gasteiger partial charge in [-0.05, 0) is 112 Å². The number of unbranched alkanes of at least 4 members (excludes halogenated alkanes) is 1. The molecule has 0 aromatic heterocycles. The van der Waals surface area contributed by atoms with Crippen molar-refractivity contribution < 1.29 is 83.4 Å². The number of aliphatic hydroxyl groups is 2. The Morgan fingerprint density at radius 1 is 0.511 bits per heavy atom. The second kappa shape index (κ2) is 39.4. The molecule has 0 aliphatic heterocycles. The number of phenolic OH excluding ortho intramolecular Hbond substituents is 2. The number of nitrogens with two attached hydrogens (primary N) is 4. The first-order valence-electron chi connectivity index (χ1n) is 29.9. The van der Waals surface area contributed by atoms with Crippen LogP contribution in [-0.2, 0) is 65.6 Å². The van der Waals surface area contributed by atoms with Crippen LogP contribution in [0.25, 0.3) is 0 Å². The summed E-state index contributed by atoms with van der Waals surface area (Å²) in [6.07, 6.45) is -2.61. The van der Waals surface area contributed by atoms with E-state index < -0.39 is 157 Å². The number of phenols is 2. The zero-order valence-electron chi connectivity index (χ0n) is 52.0. The number of aliphatic carboxylic acids is 2. The van der Waals surface area contributed by atoms with Gasteiger partial charge in [-0.3, -0.25) is 52.9 Å². The largest absolute Gasteiger partial charge is 0.508 e. The molecule has 31 heteroatoms. The van der Waals surface area contributed by atoms with Crippen LogP contribution in [-0.4, -0.2) is 188 Å². The lowest BCUT2D eigenvalue weighted by Crippen LogP contribution is -2.62. The summed E-state index contributed by atoms with van der Waals surface area (Å²) < 4.78 is 0. The molecule has 31 nitrogen and oxygen atoms in total. The molecule has 0 saturated heterocycles. The first-order valence-corrected chi connectivity index (χ1v) is 29.9. The van der Waals surface area contributed by atoms with Gasteiger partial charge in [0.05, 0.1) is 18.8 Å². The number of aliphatic imine (C=N–C) groups is 1. The number of carboxylic acids is 2. The Balaban J connectivity index is 2.49. The molecule has 23 N–H and O–H groups in total. The molecule has 0 heterocycles. The Morgan fingerprint density at radius 2 is 0.922 bits per heavy atom. The number of nitrogens with zero attached hydrogens (tertiary/aromatic N) is 1. The molecule has 0 aliphatic carbocycles. The average Bonchev–Trinajstić information content (AvgIpc) is 1.29. The van der Waals surface area contributed by atoms with Gasteiger partial charge in [0.2, 0.25) is 53.2 Å². The quantitative estimate of drug-likeness (QED) is 0.0177. The molecule has 0 spiro atoms. The summed E-state index contributed by atoms with van der Waals surface area (Å²) >= 11 is 0. The summed E-state index contributed by atoms with van der Waals surface area (Å²) in [6.45, 7) is 10.5. The van der Waals surface area contributed by atoms with Crippen molar-refractivity contribution in [1.29, 1.82) is 0 Å². The molecule has 2 rings (SSSR count). The number of benzene rings is 2. The van der Waals surface area contributed by atoms with E-state index in [0.29, 0.717) is 24.0 Å². The molecule has 2 aromatic rings. The second-order valence-corrected chi connectivity index (χ2v) is 22.9. The van der Waals surface area contributed by atoms with E-state index in [-0.39, 0.29) is 87.3 Å². The number of carbonyl (C=O) groups is 11. The highest BCUT2D eigenvalue weighted by Crippen LogP contribution is 2.16. The van der Waals surface area contributed by atoms with Crippen LogP contribution in [0.1, 0.15) is 117 Å². The van der Waals surface area contributed by atoms with Crippen LogP contribution in [0, 0.1) is 17.8 Å². The Hall–Kier alpha value is -8.68. The van der Waals surface area contributed by atoms with Crippen molar-refractivity contribution in [3.05, 3.63) is 59.7 Å². The highest BCUT2D eigenvalue weighted by molar-refractivity contribution is 5.99. The Kier molecular flexibility index (Phi) is 33.9. The van der Waals surface area contributed by atoms with E-state index in [1.807, 2.05) is 6.92 Å². The molecule has 9 amide bonds. The van der Waals surface area contributed by atoms with Crippen LogP contribution in [0.5, 0.6) is 11.5 Å². The zero-order valence-corrected chi connectivity index (χ0v) is 52.0. The van der Waals surface area contributed by atoms with Crippen molar-refractivity contribution in [3.8, 4) is 11.5 Å². The minimum Gasteiger partial charge on any atom is -0.508 e. The molecule has 0 saturated carbocycles. The van der Waals surface area contributed by atoms with Gasteiger partial charge in [0.15, 0.2) is 5.96 Å². The molecule has 0 radical (unpaired) electrons. The van der Waals surface area contributed by atoms with Gasteiger partial charge >= 0.3 is 11.9 Å². The monoisotopic (exact) mass is 1270 g/mol. The Labute approximate surface area is 522 Å². The van der Waals surface area contributed by atoms with Crippen LogP contribution >= 0.6 is 0 Å². The van der Waals surface area contributed by atoms with Gasteiger partial charge in [0, 0.05) is 25.8 Å². The van der Waals surface area contributed by atoms with Crippen LogP contribution in [0.4, 0.5) is 0 Å². The summed E-state index contributed by atoms with van der Waals surface area (Å²) in [5.41, 5.74) is 23.7. The maximum absolute atomic E-state index is 14.6. The van der Waals surface area contributed by atoms with E-state index in [9.17, 15) is 83.4 Å². The summed E-state index contributed by atoms with van der Waals surface area (Å²) in [7, 11) is 0. The fraction of sp³-hybridized carbons (Fsp3) is 0.593. The van der Waals surface area contributed by atoms with E-state index >= 15 is 0 Å². The van der Waals surface area contributed by atoms with Gasteiger partial charge in [-0.25, -0.2) is 4.79 Å².